The molecule has 9 heteroatoms. The van der Waals surface area contributed by atoms with E-state index in [1.807, 2.05) is 0 Å². The van der Waals surface area contributed by atoms with E-state index >= 15 is 0 Å². The van der Waals surface area contributed by atoms with Crippen LogP contribution < -0.4 is 14.2 Å². The van der Waals surface area contributed by atoms with Crippen LogP contribution in [0.3, 0.4) is 0 Å². The van der Waals surface area contributed by atoms with Gasteiger partial charge in [-0.15, -0.1) is 0 Å². The molecule has 8 nitrogen and oxygen atoms in total. The van der Waals surface area contributed by atoms with E-state index < -0.39 is 16.0 Å². The van der Waals surface area contributed by atoms with Crippen LogP contribution in [-0.4, -0.2) is 39.3 Å². The van der Waals surface area contributed by atoms with Gasteiger partial charge in [0.15, 0.2) is 11.5 Å². The Morgan fingerprint density at radius 1 is 1.20 bits per heavy atom. The number of hydrogen-bond donors (Lipinski definition) is 1. The highest BCUT2D eigenvalue weighted by atomic mass is 32.2. The number of sulfonamides is 1. The Hall–Kier alpha value is -2.68. The van der Waals surface area contributed by atoms with Gasteiger partial charge in [-0.2, -0.15) is 0 Å². The van der Waals surface area contributed by atoms with Gasteiger partial charge in [-0.1, -0.05) is 0 Å². The Bertz CT molecular complexity index is 932. The number of hydrogen-bond acceptors (Lipinski definition) is 6. The van der Waals surface area contributed by atoms with Crippen LogP contribution in [-0.2, 0) is 21.8 Å². The van der Waals surface area contributed by atoms with Crippen LogP contribution in [0.2, 0.25) is 0 Å². The number of carbonyl (C=O) groups excluding carboxylic acids is 1. The topological polar surface area (TPSA) is 95.9 Å². The van der Waals surface area contributed by atoms with Gasteiger partial charge in [-0.3, -0.25) is 4.72 Å². The van der Waals surface area contributed by atoms with E-state index in [1.165, 1.54) is 17.7 Å². The molecule has 0 bridgehead atoms. The molecule has 134 valence electrons. The van der Waals surface area contributed by atoms with Crippen LogP contribution in [0.25, 0.3) is 0 Å². The number of ether oxygens (including phenoxy) is 3. The SMILES string of the molecule is COC(=O)c1cc(S(=O)(=O)Nc2ccc3c(c2)OCCO3)c(C)n1C. The van der Waals surface area contributed by atoms with Crippen molar-refractivity contribution in [1.29, 1.82) is 0 Å². The third kappa shape index (κ3) is 3.14. The smallest absolute Gasteiger partial charge is 0.354 e. The molecule has 0 aliphatic carbocycles. The van der Waals surface area contributed by atoms with Crippen molar-refractivity contribution in [3.8, 4) is 11.5 Å². The first-order valence-corrected chi connectivity index (χ1v) is 8.99. The summed E-state index contributed by atoms with van der Waals surface area (Å²) in [7, 11) is -1.04. The number of benzene rings is 1. The van der Waals surface area contributed by atoms with E-state index in [-0.39, 0.29) is 10.6 Å². The molecule has 0 saturated heterocycles. The van der Waals surface area contributed by atoms with Crippen molar-refractivity contribution in [2.45, 2.75) is 11.8 Å². The number of nitrogens with zero attached hydrogens (tertiary/aromatic N) is 1. The predicted octanol–water partition coefficient (Wildman–Crippen LogP) is 1.69. The number of methoxy groups -OCH3 is 1. The van der Waals surface area contributed by atoms with Crippen molar-refractivity contribution in [2.24, 2.45) is 7.05 Å². The first-order chi connectivity index (χ1) is 11.8. The minimum atomic E-state index is -3.89. The fourth-order valence-electron chi connectivity index (χ4n) is 2.56. The summed E-state index contributed by atoms with van der Waals surface area (Å²) in [4.78, 5) is 11.8. The lowest BCUT2D eigenvalue weighted by molar-refractivity contribution is 0.0589. The second kappa shape index (κ2) is 6.32. The van der Waals surface area contributed by atoms with E-state index in [0.29, 0.717) is 36.1 Å². The summed E-state index contributed by atoms with van der Waals surface area (Å²) in [6, 6.07) is 6.09. The van der Waals surface area contributed by atoms with Crippen molar-refractivity contribution in [3.05, 3.63) is 35.7 Å². The maximum absolute atomic E-state index is 12.7. The number of aromatic nitrogens is 1. The van der Waals surface area contributed by atoms with Gasteiger partial charge < -0.3 is 18.8 Å². The minimum Gasteiger partial charge on any atom is -0.486 e. The number of rotatable bonds is 4. The van der Waals surface area contributed by atoms with Crippen molar-refractivity contribution in [2.75, 3.05) is 25.0 Å². The number of nitrogens with one attached hydrogen (secondary N) is 1. The molecule has 1 aliphatic heterocycles. The Morgan fingerprint density at radius 2 is 1.88 bits per heavy atom. The molecule has 0 unspecified atom stereocenters. The molecule has 25 heavy (non-hydrogen) atoms. The molecule has 0 radical (unpaired) electrons. The zero-order valence-electron chi connectivity index (χ0n) is 14.0. The average Bonchev–Trinajstić information content (AvgIpc) is 2.90. The van der Waals surface area contributed by atoms with E-state index in [0.717, 1.165) is 0 Å². The van der Waals surface area contributed by atoms with Gasteiger partial charge in [0.1, 0.15) is 23.8 Å². The maximum atomic E-state index is 12.7. The minimum absolute atomic E-state index is 0.00490. The molecule has 0 spiro atoms. The Labute approximate surface area is 145 Å². The van der Waals surface area contributed by atoms with Gasteiger partial charge >= 0.3 is 5.97 Å². The van der Waals surface area contributed by atoms with Gasteiger partial charge in [-0.05, 0) is 25.1 Å². The molecule has 1 aromatic heterocycles. The summed E-state index contributed by atoms with van der Waals surface area (Å²) in [6.45, 7) is 2.48. The van der Waals surface area contributed by atoms with Gasteiger partial charge in [0, 0.05) is 18.8 Å². The van der Waals surface area contributed by atoms with Crippen molar-refractivity contribution in [3.63, 3.8) is 0 Å². The number of carbonyl (C=O) groups is 1. The number of fused-ring (bicyclic) bond motifs is 1. The second-order valence-corrected chi connectivity index (χ2v) is 7.14. The first kappa shape index (κ1) is 17.2. The van der Waals surface area contributed by atoms with Crippen LogP contribution in [0.1, 0.15) is 16.2 Å². The monoisotopic (exact) mass is 366 g/mol. The van der Waals surface area contributed by atoms with E-state index in [9.17, 15) is 13.2 Å². The fourth-order valence-corrected chi connectivity index (χ4v) is 3.90. The summed E-state index contributed by atoms with van der Waals surface area (Å²) >= 11 is 0. The van der Waals surface area contributed by atoms with Gasteiger partial charge in [0.2, 0.25) is 0 Å². The third-order valence-electron chi connectivity index (χ3n) is 3.97. The lowest BCUT2D eigenvalue weighted by Gasteiger charge is -2.19. The van der Waals surface area contributed by atoms with Gasteiger partial charge in [-0.25, -0.2) is 13.2 Å². The molecule has 1 aliphatic rings. The largest absolute Gasteiger partial charge is 0.486 e. The van der Waals surface area contributed by atoms with Crippen molar-refractivity contribution >= 4 is 21.7 Å². The van der Waals surface area contributed by atoms with E-state index in [1.54, 1.807) is 32.2 Å². The van der Waals surface area contributed by atoms with E-state index in [2.05, 4.69) is 9.46 Å². The summed E-state index contributed by atoms with van der Waals surface area (Å²) in [5.74, 6) is 0.441. The molecule has 1 aromatic carbocycles. The third-order valence-corrected chi connectivity index (χ3v) is 5.46. The van der Waals surface area contributed by atoms with Crippen LogP contribution in [0.5, 0.6) is 11.5 Å². The lowest BCUT2D eigenvalue weighted by atomic mass is 10.3. The lowest BCUT2D eigenvalue weighted by Crippen LogP contribution is -2.17. The highest BCUT2D eigenvalue weighted by molar-refractivity contribution is 7.92. The molecular formula is C16H18N2O6S. The van der Waals surface area contributed by atoms with Crippen molar-refractivity contribution < 1.29 is 27.4 Å². The Morgan fingerprint density at radius 3 is 2.56 bits per heavy atom. The standard InChI is InChI=1S/C16H18N2O6S/c1-10-15(9-12(18(10)2)16(19)22-3)25(20,21)17-11-4-5-13-14(8-11)24-7-6-23-13/h4-5,8-9,17H,6-7H2,1-3H3. The Kier molecular flexibility index (Phi) is 4.34. The molecule has 1 N–H and O–H groups in total. The molecule has 2 heterocycles. The summed E-state index contributed by atoms with van der Waals surface area (Å²) in [5, 5.41) is 0. The fraction of sp³-hybridized carbons (Fsp3) is 0.312. The maximum Gasteiger partial charge on any atom is 0.354 e. The molecule has 0 saturated carbocycles. The zero-order chi connectivity index (χ0) is 18.2. The highest BCUT2D eigenvalue weighted by Crippen LogP contribution is 2.33. The molecule has 0 atom stereocenters. The second-order valence-electron chi connectivity index (χ2n) is 5.49. The number of esters is 1. The van der Waals surface area contributed by atoms with Crippen LogP contribution in [0.4, 0.5) is 5.69 Å². The van der Waals surface area contributed by atoms with Gasteiger partial charge in [0.05, 0.1) is 12.8 Å². The summed E-state index contributed by atoms with van der Waals surface area (Å²) < 4.78 is 44.9. The van der Waals surface area contributed by atoms with Crippen LogP contribution in [0.15, 0.2) is 29.2 Å². The molecular weight excluding hydrogens is 348 g/mol. The normalized spacial score (nSPS) is 13.4. The highest BCUT2D eigenvalue weighted by Gasteiger charge is 2.25. The summed E-state index contributed by atoms with van der Waals surface area (Å²) in [5.41, 5.74) is 0.917. The van der Waals surface area contributed by atoms with Gasteiger partial charge in [0.25, 0.3) is 10.0 Å². The number of anilines is 1. The quantitative estimate of drug-likeness (QED) is 0.828. The molecule has 0 amide bonds. The summed E-state index contributed by atoms with van der Waals surface area (Å²) in [6.07, 6.45) is 0. The average molecular weight is 366 g/mol. The Balaban J connectivity index is 1.94. The molecule has 2 aromatic rings. The first-order valence-electron chi connectivity index (χ1n) is 7.50. The molecule has 0 fully saturated rings. The predicted molar refractivity (Wildman–Crippen MR) is 89.7 cm³/mol. The van der Waals surface area contributed by atoms with Crippen LogP contribution in [0, 0.1) is 6.92 Å². The zero-order valence-corrected chi connectivity index (χ0v) is 14.8. The molecule has 3 rings (SSSR count). The van der Waals surface area contributed by atoms with E-state index in [4.69, 9.17) is 9.47 Å². The van der Waals surface area contributed by atoms with Crippen molar-refractivity contribution in [1.82, 2.24) is 4.57 Å². The van der Waals surface area contributed by atoms with Crippen LogP contribution >= 0.6 is 0 Å².